The smallest absolute Gasteiger partial charge is 0.290 e. The summed E-state index contributed by atoms with van der Waals surface area (Å²) in [5.74, 6) is -1.45. The van der Waals surface area contributed by atoms with E-state index >= 15 is 0 Å². The Kier molecular flexibility index (Phi) is 11.1. The number of hydrogen-bond donors (Lipinski definition) is 3. The number of morpholine rings is 1. The zero-order chi connectivity index (χ0) is 30.7. The van der Waals surface area contributed by atoms with Crippen molar-refractivity contribution in [2.75, 3.05) is 42.9 Å². The van der Waals surface area contributed by atoms with Crippen LogP contribution in [0.15, 0.2) is 84.0 Å². The van der Waals surface area contributed by atoms with Gasteiger partial charge in [-0.1, -0.05) is 24.3 Å². The molecule has 0 aliphatic carbocycles. The summed E-state index contributed by atoms with van der Waals surface area (Å²) in [5.41, 5.74) is 3.91. The summed E-state index contributed by atoms with van der Waals surface area (Å²) in [4.78, 5) is 18.8. The standard InChI is InChI=1S/C29H29F2N5O3S.CH2O2/c30-23-7-12-28(26(31)18-23)40(37,38)35-25-10-8-24(9-11-25)34-29-19-27(32-20-33-29)22-5-3-21(4-6-22)2-1-13-36-14-16-39-17-15-36;2-1-3/h3-12,18-20,35H,1-2,13-17H2,(H,32,33,34);1H,(H,2,3). The van der Waals surface area contributed by atoms with Gasteiger partial charge in [0.05, 0.1) is 18.9 Å². The number of benzene rings is 3. The molecule has 43 heavy (non-hydrogen) atoms. The zero-order valence-corrected chi connectivity index (χ0v) is 23.9. The molecular weight excluding hydrogens is 580 g/mol. The van der Waals surface area contributed by atoms with Gasteiger partial charge in [-0.2, -0.15) is 0 Å². The molecule has 0 atom stereocenters. The monoisotopic (exact) mass is 611 g/mol. The topological polar surface area (TPSA) is 134 Å². The molecule has 1 aliphatic rings. The summed E-state index contributed by atoms with van der Waals surface area (Å²) in [6, 6.07) is 18.9. The van der Waals surface area contributed by atoms with Gasteiger partial charge in [-0.15, -0.1) is 0 Å². The molecule has 5 rings (SSSR count). The Bertz CT molecular complexity index is 1600. The van der Waals surface area contributed by atoms with Crippen molar-refractivity contribution in [1.82, 2.24) is 14.9 Å². The molecule has 3 N–H and O–H groups in total. The molecule has 0 saturated carbocycles. The van der Waals surface area contributed by atoms with Crippen LogP contribution < -0.4 is 10.0 Å². The predicted octanol–water partition coefficient (Wildman–Crippen LogP) is 4.93. The molecule has 0 radical (unpaired) electrons. The first-order valence-electron chi connectivity index (χ1n) is 13.4. The largest absolute Gasteiger partial charge is 0.483 e. The Morgan fingerprint density at radius 1 is 0.930 bits per heavy atom. The molecule has 1 aromatic heterocycles. The molecule has 4 aromatic rings. The van der Waals surface area contributed by atoms with E-state index in [0.717, 1.165) is 69.1 Å². The second-order valence-electron chi connectivity index (χ2n) is 9.53. The molecule has 1 fully saturated rings. The number of sulfonamides is 1. The van der Waals surface area contributed by atoms with Crippen molar-refractivity contribution in [1.29, 1.82) is 0 Å². The van der Waals surface area contributed by atoms with Crippen LogP contribution in [0.2, 0.25) is 0 Å². The maximum absolute atomic E-state index is 14.0. The van der Waals surface area contributed by atoms with Gasteiger partial charge in [-0.05, 0) is 61.3 Å². The van der Waals surface area contributed by atoms with E-state index in [1.807, 2.05) is 6.07 Å². The van der Waals surface area contributed by atoms with E-state index in [1.165, 1.54) is 24.0 Å². The van der Waals surface area contributed by atoms with Crippen LogP contribution in [-0.4, -0.2) is 67.7 Å². The number of carbonyl (C=O) groups is 1. The van der Waals surface area contributed by atoms with Gasteiger partial charge in [0.2, 0.25) is 0 Å². The first-order valence-corrected chi connectivity index (χ1v) is 14.9. The van der Waals surface area contributed by atoms with Gasteiger partial charge in [0.25, 0.3) is 16.5 Å². The fraction of sp³-hybridized carbons (Fsp3) is 0.233. The zero-order valence-electron chi connectivity index (χ0n) is 23.1. The van der Waals surface area contributed by atoms with Crippen molar-refractivity contribution in [3.05, 3.63) is 96.3 Å². The normalized spacial score (nSPS) is 13.4. The highest BCUT2D eigenvalue weighted by molar-refractivity contribution is 7.92. The number of carboxylic acid groups (broad SMARTS) is 1. The number of nitrogens with zero attached hydrogens (tertiary/aromatic N) is 3. The molecule has 13 heteroatoms. The number of halogens is 2. The third kappa shape index (κ3) is 9.26. The lowest BCUT2D eigenvalue weighted by Crippen LogP contribution is -2.36. The first-order chi connectivity index (χ1) is 20.8. The highest BCUT2D eigenvalue weighted by atomic mass is 32.2. The summed E-state index contributed by atoms with van der Waals surface area (Å²) in [5, 5.41) is 10.1. The van der Waals surface area contributed by atoms with Crippen LogP contribution in [0.4, 0.5) is 26.0 Å². The number of nitrogens with one attached hydrogen (secondary N) is 2. The molecule has 0 bridgehead atoms. The van der Waals surface area contributed by atoms with Crippen molar-refractivity contribution >= 4 is 33.7 Å². The van der Waals surface area contributed by atoms with Gasteiger partial charge in [-0.25, -0.2) is 27.2 Å². The highest BCUT2D eigenvalue weighted by Crippen LogP contribution is 2.24. The van der Waals surface area contributed by atoms with Crippen LogP contribution in [0.5, 0.6) is 0 Å². The number of rotatable bonds is 10. The predicted molar refractivity (Wildman–Crippen MR) is 159 cm³/mol. The molecule has 0 unspecified atom stereocenters. The minimum absolute atomic E-state index is 0.225. The summed E-state index contributed by atoms with van der Waals surface area (Å²) in [6.07, 6.45) is 3.59. The van der Waals surface area contributed by atoms with E-state index in [9.17, 15) is 17.2 Å². The number of ether oxygens (including phenoxy) is 1. The van der Waals surface area contributed by atoms with Gasteiger partial charge in [0, 0.05) is 42.2 Å². The number of aryl methyl sites for hydroxylation is 1. The quantitative estimate of drug-likeness (QED) is 0.213. The van der Waals surface area contributed by atoms with Crippen molar-refractivity contribution in [2.24, 2.45) is 0 Å². The molecule has 3 aromatic carbocycles. The summed E-state index contributed by atoms with van der Waals surface area (Å²) in [7, 11) is -4.22. The molecule has 0 spiro atoms. The SMILES string of the molecule is O=CO.O=S(=O)(Nc1ccc(Nc2cc(-c3ccc(CCCN4CCOCC4)cc3)ncn2)cc1)c1ccc(F)cc1F. The Hall–Kier alpha value is -4.46. The van der Waals surface area contributed by atoms with E-state index in [0.29, 0.717) is 17.6 Å². The highest BCUT2D eigenvalue weighted by Gasteiger charge is 2.19. The Balaban J connectivity index is 0.00000135. The lowest BCUT2D eigenvalue weighted by Gasteiger charge is -2.26. The lowest BCUT2D eigenvalue weighted by molar-refractivity contribution is -0.122. The van der Waals surface area contributed by atoms with E-state index < -0.39 is 26.6 Å². The number of anilines is 3. The van der Waals surface area contributed by atoms with E-state index in [-0.39, 0.29) is 12.2 Å². The van der Waals surface area contributed by atoms with E-state index in [2.05, 4.69) is 49.2 Å². The van der Waals surface area contributed by atoms with Crippen LogP contribution in [0, 0.1) is 11.6 Å². The Morgan fingerprint density at radius 3 is 2.28 bits per heavy atom. The van der Waals surface area contributed by atoms with Crippen LogP contribution >= 0.6 is 0 Å². The second kappa shape index (κ2) is 15.1. The fourth-order valence-electron chi connectivity index (χ4n) is 4.43. The number of hydrogen-bond acceptors (Lipinski definition) is 8. The average Bonchev–Trinajstić information content (AvgIpc) is 2.99. The fourth-order valence-corrected chi connectivity index (χ4v) is 5.55. The van der Waals surface area contributed by atoms with Gasteiger partial charge < -0.3 is 15.2 Å². The van der Waals surface area contributed by atoms with Crippen LogP contribution in [0.1, 0.15) is 12.0 Å². The molecule has 1 aliphatic heterocycles. The molecule has 226 valence electrons. The molecule has 1 saturated heterocycles. The second-order valence-corrected chi connectivity index (χ2v) is 11.2. The van der Waals surface area contributed by atoms with Gasteiger partial charge in [0.15, 0.2) is 0 Å². The maximum atomic E-state index is 14.0. The van der Waals surface area contributed by atoms with Gasteiger partial charge in [-0.3, -0.25) is 14.4 Å². The Morgan fingerprint density at radius 2 is 1.60 bits per heavy atom. The third-order valence-corrected chi connectivity index (χ3v) is 7.97. The summed E-state index contributed by atoms with van der Waals surface area (Å²) < 4.78 is 59.8. The van der Waals surface area contributed by atoms with Gasteiger partial charge in [0.1, 0.15) is 28.7 Å². The Labute approximate surface area is 248 Å². The first kappa shape index (κ1) is 31.5. The van der Waals surface area contributed by atoms with Gasteiger partial charge >= 0.3 is 0 Å². The van der Waals surface area contributed by atoms with Crippen molar-refractivity contribution in [2.45, 2.75) is 17.7 Å². The van der Waals surface area contributed by atoms with Crippen LogP contribution in [0.3, 0.4) is 0 Å². The third-order valence-electron chi connectivity index (χ3n) is 6.55. The summed E-state index contributed by atoms with van der Waals surface area (Å²) in [6.45, 7) is 4.47. The molecular formula is C30H31F2N5O5S. The molecule has 0 amide bonds. The summed E-state index contributed by atoms with van der Waals surface area (Å²) >= 11 is 0. The van der Waals surface area contributed by atoms with Crippen molar-refractivity contribution < 1.29 is 31.8 Å². The molecule has 2 heterocycles. The number of aromatic nitrogens is 2. The van der Waals surface area contributed by atoms with E-state index in [1.54, 1.807) is 12.1 Å². The van der Waals surface area contributed by atoms with Crippen LogP contribution in [0.25, 0.3) is 11.3 Å². The lowest BCUT2D eigenvalue weighted by atomic mass is 10.1. The van der Waals surface area contributed by atoms with E-state index in [4.69, 9.17) is 14.6 Å². The minimum Gasteiger partial charge on any atom is -0.483 e. The average molecular weight is 612 g/mol. The minimum atomic E-state index is -4.22. The molecule has 10 nitrogen and oxygen atoms in total. The van der Waals surface area contributed by atoms with Crippen LogP contribution in [-0.2, 0) is 26.0 Å². The van der Waals surface area contributed by atoms with Crippen molar-refractivity contribution in [3.8, 4) is 11.3 Å². The maximum Gasteiger partial charge on any atom is 0.290 e. The van der Waals surface area contributed by atoms with Crippen molar-refractivity contribution in [3.63, 3.8) is 0 Å².